The minimum atomic E-state index is -1.33. The number of ether oxygens (including phenoxy) is 1. The summed E-state index contributed by atoms with van der Waals surface area (Å²) in [4.78, 5) is 25.1. The molecule has 3 aromatic heterocycles. The van der Waals surface area contributed by atoms with Crippen molar-refractivity contribution in [3.8, 4) is 17.1 Å². The Labute approximate surface area is 166 Å². The molecule has 1 aliphatic heterocycles. The summed E-state index contributed by atoms with van der Waals surface area (Å²) in [6.07, 6.45) is 2.71. The van der Waals surface area contributed by atoms with Gasteiger partial charge in [0.25, 0.3) is 0 Å². The first kappa shape index (κ1) is 18.9. The summed E-state index contributed by atoms with van der Waals surface area (Å²) >= 11 is 0. The Morgan fingerprint density at radius 3 is 2.90 bits per heavy atom. The third-order valence-corrected chi connectivity index (χ3v) is 4.61. The predicted octanol–water partition coefficient (Wildman–Crippen LogP) is 2.69. The van der Waals surface area contributed by atoms with E-state index >= 15 is 0 Å². The zero-order chi connectivity index (χ0) is 20.5. The smallest absolute Gasteiger partial charge is 0.407 e. The fraction of sp³-hybridized carbons (Fsp3) is 0.368. The maximum Gasteiger partial charge on any atom is 0.407 e. The van der Waals surface area contributed by atoms with Crippen molar-refractivity contribution in [2.75, 3.05) is 18.4 Å². The molecule has 0 unspecified atom stereocenters. The number of carboxylic acid groups (broad SMARTS) is 1. The lowest BCUT2D eigenvalue weighted by atomic mass is 10.2. The van der Waals surface area contributed by atoms with Gasteiger partial charge in [0.1, 0.15) is 17.6 Å². The number of nitrogens with zero attached hydrogens (tertiary/aromatic N) is 5. The summed E-state index contributed by atoms with van der Waals surface area (Å²) in [6.45, 7) is 3.79. The van der Waals surface area contributed by atoms with Gasteiger partial charge in [0.2, 0.25) is 5.95 Å². The molecule has 4 heterocycles. The van der Waals surface area contributed by atoms with Gasteiger partial charge in [-0.2, -0.15) is 0 Å². The number of fused-ring (bicyclic) bond motifs is 1. The van der Waals surface area contributed by atoms with Crippen LogP contribution in [-0.4, -0.2) is 66.9 Å². The topological polar surface area (TPSA) is 105 Å². The Morgan fingerprint density at radius 1 is 1.34 bits per heavy atom. The summed E-state index contributed by atoms with van der Waals surface area (Å²) in [6, 6.07) is 4.74. The molecule has 9 nitrogen and oxygen atoms in total. The Hall–Kier alpha value is -3.43. The molecule has 3 aromatic rings. The quantitative estimate of drug-likeness (QED) is 0.678. The Balaban J connectivity index is 1.57. The van der Waals surface area contributed by atoms with Crippen molar-refractivity contribution in [2.24, 2.45) is 0 Å². The molecule has 2 atom stereocenters. The normalized spacial score (nSPS) is 19.1. The van der Waals surface area contributed by atoms with Crippen LogP contribution < -0.4 is 10.1 Å². The molecule has 0 radical (unpaired) electrons. The van der Waals surface area contributed by atoms with Crippen LogP contribution in [0.25, 0.3) is 17.0 Å². The van der Waals surface area contributed by atoms with E-state index in [2.05, 4.69) is 20.3 Å². The van der Waals surface area contributed by atoms with E-state index in [4.69, 9.17) is 9.84 Å². The standard InChI is InChI=1S/C19H21FN6O3/c1-11(2)29-12-4-6-26-16(8-22-17(26)7-12)14-3-5-21-18(23-14)24-15-10-25(19(27)28)9-13(15)20/h3-8,11,13,15H,9-10H2,1-2H3,(H,27,28)(H,21,23,24)/t13-,15-/m0/s1. The number of anilines is 1. The van der Waals surface area contributed by atoms with E-state index in [0.29, 0.717) is 11.3 Å². The third-order valence-electron chi connectivity index (χ3n) is 4.61. The number of hydrogen-bond acceptors (Lipinski definition) is 6. The number of nitrogens with one attached hydrogen (secondary N) is 1. The second-order valence-electron chi connectivity index (χ2n) is 7.12. The van der Waals surface area contributed by atoms with Gasteiger partial charge in [0, 0.05) is 25.0 Å². The van der Waals surface area contributed by atoms with E-state index in [9.17, 15) is 9.18 Å². The van der Waals surface area contributed by atoms with Crippen LogP contribution in [0.5, 0.6) is 5.75 Å². The molecule has 1 saturated heterocycles. The number of alkyl halides is 1. The monoisotopic (exact) mass is 400 g/mol. The molecule has 4 rings (SSSR count). The highest BCUT2D eigenvalue weighted by atomic mass is 19.1. The minimum absolute atomic E-state index is 0.0400. The van der Waals surface area contributed by atoms with Gasteiger partial charge in [-0.25, -0.2) is 24.1 Å². The Morgan fingerprint density at radius 2 is 2.17 bits per heavy atom. The van der Waals surface area contributed by atoms with E-state index in [1.54, 1.807) is 18.5 Å². The zero-order valence-corrected chi connectivity index (χ0v) is 16.0. The van der Waals surface area contributed by atoms with Gasteiger partial charge in [-0.15, -0.1) is 0 Å². The van der Waals surface area contributed by atoms with Crippen LogP contribution in [-0.2, 0) is 0 Å². The van der Waals surface area contributed by atoms with Crippen LogP contribution in [0.2, 0.25) is 0 Å². The Bertz CT molecular complexity index is 1040. The summed E-state index contributed by atoms with van der Waals surface area (Å²) in [7, 11) is 0. The van der Waals surface area contributed by atoms with Gasteiger partial charge in [0.05, 0.1) is 36.3 Å². The summed E-state index contributed by atoms with van der Waals surface area (Å²) < 4.78 is 21.7. The summed E-state index contributed by atoms with van der Waals surface area (Å²) in [5.74, 6) is 0.963. The highest BCUT2D eigenvalue weighted by Gasteiger charge is 2.35. The summed E-state index contributed by atoms with van der Waals surface area (Å²) in [5.41, 5.74) is 2.07. The van der Waals surface area contributed by atoms with Crippen molar-refractivity contribution >= 4 is 17.7 Å². The van der Waals surface area contributed by atoms with Crippen LogP contribution in [0.1, 0.15) is 13.8 Å². The molecule has 1 aliphatic rings. The average molecular weight is 400 g/mol. The number of carbonyl (C=O) groups is 1. The molecule has 0 aliphatic carbocycles. The molecular formula is C19H21FN6O3. The van der Waals surface area contributed by atoms with Crippen molar-refractivity contribution < 1.29 is 19.0 Å². The molecule has 1 fully saturated rings. The number of hydrogen-bond donors (Lipinski definition) is 2. The Kier molecular flexibility index (Phi) is 4.91. The maximum atomic E-state index is 14.1. The molecule has 152 valence electrons. The first-order chi connectivity index (χ1) is 13.9. The highest BCUT2D eigenvalue weighted by molar-refractivity contribution is 5.66. The van der Waals surface area contributed by atoms with Crippen molar-refractivity contribution in [2.45, 2.75) is 32.2 Å². The lowest BCUT2D eigenvalue weighted by Gasteiger charge is -2.14. The first-order valence-corrected chi connectivity index (χ1v) is 9.26. The second-order valence-corrected chi connectivity index (χ2v) is 7.12. The van der Waals surface area contributed by atoms with Crippen LogP contribution >= 0.6 is 0 Å². The molecular weight excluding hydrogens is 379 g/mol. The number of likely N-dealkylation sites (tertiary alicyclic amines) is 1. The van der Waals surface area contributed by atoms with Crippen molar-refractivity contribution in [3.63, 3.8) is 0 Å². The van der Waals surface area contributed by atoms with Gasteiger partial charge in [-0.05, 0) is 26.0 Å². The zero-order valence-electron chi connectivity index (χ0n) is 16.0. The third kappa shape index (κ3) is 3.91. The van der Waals surface area contributed by atoms with E-state index < -0.39 is 18.3 Å². The number of amides is 1. The van der Waals surface area contributed by atoms with E-state index in [-0.39, 0.29) is 25.1 Å². The lowest BCUT2D eigenvalue weighted by molar-refractivity contribution is 0.152. The fourth-order valence-electron chi connectivity index (χ4n) is 3.29. The number of rotatable bonds is 5. The average Bonchev–Trinajstić information content (AvgIpc) is 3.25. The molecule has 2 N–H and O–H groups in total. The van der Waals surface area contributed by atoms with Crippen LogP contribution in [0, 0.1) is 0 Å². The van der Waals surface area contributed by atoms with Crippen LogP contribution in [0.15, 0.2) is 36.8 Å². The maximum absolute atomic E-state index is 14.1. The van der Waals surface area contributed by atoms with Gasteiger partial charge in [-0.3, -0.25) is 4.40 Å². The minimum Gasteiger partial charge on any atom is -0.491 e. The van der Waals surface area contributed by atoms with Gasteiger partial charge < -0.3 is 20.1 Å². The predicted molar refractivity (Wildman–Crippen MR) is 104 cm³/mol. The molecule has 0 aromatic carbocycles. The van der Waals surface area contributed by atoms with E-state index in [1.807, 2.05) is 36.6 Å². The van der Waals surface area contributed by atoms with Crippen LogP contribution in [0.3, 0.4) is 0 Å². The number of halogens is 1. The van der Waals surface area contributed by atoms with Crippen molar-refractivity contribution in [1.29, 1.82) is 0 Å². The molecule has 0 bridgehead atoms. The summed E-state index contributed by atoms with van der Waals surface area (Å²) in [5, 5.41) is 11.9. The van der Waals surface area contributed by atoms with Crippen molar-refractivity contribution in [1.82, 2.24) is 24.3 Å². The van der Waals surface area contributed by atoms with E-state index in [1.165, 1.54) is 0 Å². The van der Waals surface area contributed by atoms with E-state index in [0.717, 1.165) is 16.3 Å². The number of aromatic nitrogens is 4. The van der Waals surface area contributed by atoms with Gasteiger partial charge in [-0.1, -0.05) is 0 Å². The molecule has 0 saturated carbocycles. The number of imidazole rings is 1. The molecule has 10 heteroatoms. The highest BCUT2D eigenvalue weighted by Crippen LogP contribution is 2.24. The van der Waals surface area contributed by atoms with Gasteiger partial charge >= 0.3 is 6.09 Å². The van der Waals surface area contributed by atoms with Gasteiger partial charge in [0.15, 0.2) is 0 Å². The molecule has 0 spiro atoms. The lowest BCUT2D eigenvalue weighted by Crippen LogP contribution is -2.31. The van der Waals surface area contributed by atoms with Crippen molar-refractivity contribution in [3.05, 3.63) is 36.8 Å². The van der Waals surface area contributed by atoms with Crippen LogP contribution in [0.4, 0.5) is 15.1 Å². The number of pyridine rings is 1. The largest absolute Gasteiger partial charge is 0.491 e. The molecule has 1 amide bonds. The SMILES string of the molecule is CC(C)Oc1ccn2c(-c3ccnc(N[C@H]4CN(C(=O)O)C[C@@H]4F)n3)cnc2c1. The fourth-order valence-corrected chi connectivity index (χ4v) is 3.29. The second kappa shape index (κ2) is 7.53. The first-order valence-electron chi connectivity index (χ1n) is 9.26. The molecule has 29 heavy (non-hydrogen) atoms.